The molecule has 2 aromatic heterocycles. The lowest BCUT2D eigenvalue weighted by Gasteiger charge is -2.41. The van der Waals surface area contributed by atoms with Gasteiger partial charge in [0, 0.05) is 11.6 Å². The van der Waals surface area contributed by atoms with E-state index in [4.69, 9.17) is 14.2 Å². The summed E-state index contributed by atoms with van der Waals surface area (Å²) in [5, 5.41) is 47.9. The molecule has 2 aromatic carbocycles. The van der Waals surface area contributed by atoms with Gasteiger partial charge in [0.25, 0.3) is 0 Å². The van der Waals surface area contributed by atoms with Gasteiger partial charge in [-0.1, -0.05) is 5.21 Å². The fraction of sp³-hybridized carbons (Fsp3) is 0.304. The van der Waals surface area contributed by atoms with Crippen molar-refractivity contribution in [2.45, 2.75) is 30.5 Å². The highest BCUT2D eigenvalue weighted by Gasteiger charge is 2.48. The molecule has 5 atom stereocenters. The Morgan fingerprint density at radius 3 is 2.50 bits per heavy atom. The topological polar surface area (TPSA) is 150 Å². The first-order valence-corrected chi connectivity index (χ1v) is 11.3. The van der Waals surface area contributed by atoms with Gasteiger partial charge in [-0.15, -0.1) is 15.3 Å². The molecule has 4 heterocycles. The van der Waals surface area contributed by atoms with Crippen molar-refractivity contribution >= 4 is 0 Å². The van der Waals surface area contributed by atoms with Crippen molar-refractivity contribution in [3.8, 4) is 28.4 Å². The van der Waals surface area contributed by atoms with E-state index in [1.807, 2.05) is 0 Å². The number of aliphatic hydroxyl groups excluding tert-OH is 3. The quantitative estimate of drug-likeness (QED) is 0.319. The maximum Gasteiger partial charge on any atom is 0.231 e. The highest BCUT2D eigenvalue weighted by molar-refractivity contribution is 5.58. The Labute approximate surface area is 211 Å². The van der Waals surface area contributed by atoms with Crippen molar-refractivity contribution in [1.82, 2.24) is 29.8 Å². The summed E-state index contributed by atoms with van der Waals surface area (Å²) in [5.74, 6) is -3.25. The van der Waals surface area contributed by atoms with Crippen LogP contribution in [0.3, 0.4) is 0 Å². The van der Waals surface area contributed by atoms with Crippen LogP contribution in [-0.2, 0) is 4.74 Å². The minimum atomic E-state index is -1.63. The Kier molecular flexibility index (Phi) is 5.98. The number of rotatable bonds is 5. The van der Waals surface area contributed by atoms with Crippen molar-refractivity contribution in [2.75, 3.05) is 13.4 Å². The first-order valence-electron chi connectivity index (χ1n) is 11.3. The first kappa shape index (κ1) is 24.3. The number of hydrogen-bond acceptors (Lipinski definition) is 10. The first-order chi connectivity index (χ1) is 18.4. The molecule has 0 amide bonds. The molecule has 2 aliphatic heterocycles. The summed E-state index contributed by atoms with van der Waals surface area (Å²) in [6.07, 6.45) is -2.74. The van der Waals surface area contributed by atoms with E-state index in [1.54, 1.807) is 18.2 Å². The molecule has 0 bridgehead atoms. The van der Waals surface area contributed by atoms with Crippen LogP contribution in [0.5, 0.6) is 11.5 Å². The molecule has 0 unspecified atom stereocenters. The van der Waals surface area contributed by atoms with Crippen LogP contribution in [0.4, 0.5) is 13.2 Å². The van der Waals surface area contributed by atoms with Gasteiger partial charge in [-0.3, -0.25) is 4.57 Å². The van der Waals surface area contributed by atoms with Crippen LogP contribution in [0, 0.1) is 17.5 Å². The second-order valence-corrected chi connectivity index (χ2v) is 8.68. The lowest BCUT2D eigenvalue weighted by atomic mass is 9.92. The van der Waals surface area contributed by atoms with Gasteiger partial charge in [-0.2, -0.15) is 0 Å². The molecule has 12 nitrogen and oxygen atoms in total. The van der Waals surface area contributed by atoms with E-state index in [2.05, 4.69) is 20.5 Å². The van der Waals surface area contributed by atoms with E-state index < -0.39 is 54.5 Å². The molecule has 0 saturated carbocycles. The summed E-state index contributed by atoms with van der Waals surface area (Å²) >= 11 is 0. The molecule has 4 aromatic rings. The fourth-order valence-corrected chi connectivity index (χ4v) is 4.56. The third-order valence-electron chi connectivity index (χ3n) is 6.45. The van der Waals surface area contributed by atoms with Crippen LogP contribution in [0.25, 0.3) is 16.9 Å². The third-order valence-corrected chi connectivity index (χ3v) is 6.45. The zero-order chi connectivity index (χ0) is 26.6. The Hall–Kier alpha value is -4.05. The highest BCUT2D eigenvalue weighted by Crippen LogP contribution is 2.39. The number of halogens is 3. The molecule has 0 aliphatic carbocycles. The van der Waals surface area contributed by atoms with Gasteiger partial charge in [0.05, 0.1) is 18.5 Å². The summed E-state index contributed by atoms with van der Waals surface area (Å²) < 4.78 is 60.1. The highest BCUT2D eigenvalue weighted by atomic mass is 19.2. The lowest BCUT2D eigenvalue weighted by molar-refractivity contribution is -0.210. The predicted molar refractivity (Wildman–Crippen MR) is 119 cm³/mol. The number of ether oxygens (including phenoxy) is 3. The Balaban J connectivity index is 1.35. The van der Waals surface area contributed by atoms with Gasteiger partial charge < -0.3 is 29.5 Å². The molecular weight excluding hydrogens is 513 g/mol. The summed E-state index contributed by atoms with van der Waals surface area (Å²) in [4.78, 5) is 0. The number of benzene rings is 2. The minimum absolute atomic E-state index is 0.0469. The SMILES string of the molecule is OC[C@H]1O[C@@H](c2nncn2-c2ccc3c(c2)OCO3)[C@H](O)[C@@H](n2cc(-c3cc(F)c(F)c(F)c3)nn2)[C@H]1O. The normalized spacial score (nSPS) is 24.6. The standard InChI is InChI=1S/C23H19F3N6O6/c24-12-3-10(4-13(25)18(12)26)14-6-32(30-28-14)19-20(34)17(7-33)38-22(21(19)35)23-29-27-8-31(23)11-1-2-15-16(5-11)37-9-36-15/h1-6,8,17,19-22,33-35H,7,9H2/t17-,19+,20+,21-,22-/m1/s1. The van der Waals surface area contributed by atoms with Crippen LogP contribution in [0.2, 0.25) is 0 Å². The van der Waals surface area contributed by atoms with Crippen molar-refractivity contribution in [2.24, 2.45) is 0 Å². The third kappa shape index (κ3) is 3.96. The van der Waals surface area contributed by atoms with Gasteiger partial charge in [-0.25, -0.2) is 17.9 Å². The molecule has 1 fully saturated rings. The van der Waals surface area contributed by atoms with Crippen LogP contribution >= 0.6 is 0 Å². The molecule has 3 N–H and O–H groups in total. The minimum Gasteiger partial charge on any atom is -0.454 e. The van der Waals surface area contributed by atoms with E-state index in [1.165, 1.54) is 17.1 Å². The number of aromatic nitrogens is 6. The average molecular weight is 532 g/mol. The average Bonchev–Trinajstić information content (AvgIpc) is 3.68. The van der Waals surface area contributed by atoms with E-state index in [0.717, 1.165) is 16.8 Å². The van der Waals surface area contributed by atoms with Gasteiger partial charge >= 0.3 is 0 Å². The molecule has 15 heteroatoms. The van der Waals surface area contributed by atoms with Gasteiger partial charge in [0.2, 0.25) is 6.79 Å². The van der Waals surface area contributed by atoms with Crippen LogP contribution < -0.4 is 9.47 Å². The Morgan fingerprint density at radius 1 is 0.974 bits per heavy atom. The van der Waals surface area contributed by atoms with Crippen molar-refractivity contribution in [1.29, 1.82) is 0 Å². The van der Waals surface area contributed by atoms with Crippen molar-refractivity contribution < 1.29 is 42.7 Å². The predicted octanol–water partition coefficient (Wildman–Crippen LogP) is 1.07. The van der Waals surface area contributed by atoms with Gasteiger partial charge in [-0.05, 0) is 24.3 Å². The Bertz CT molecular complexity index is 1480. The zero-order valence-corrected chi connectivity index (χ0v) is 19.2. The molecule has 0 radical (unpaired) electrons. The molecule has 0 spiro atoms. The number of fused-ring (bicyclic) bond motifs is 1. The molecule has 198 valence electrons. The van der Waals surface area contributed by atoms with Crippen LogP contribution in [0.1, 0.15) is 18.0 Å². The van der Waals surface area contributed by atoms with Crippen molar-refractivity contribution in [3.63, 3.8) is 0 Å². The monoisotopic (exact) mass is 532 g/mol. The van der Waals surface area contributed by atoms with E-state index in [0.29, 0.717) is 17.2 Å². The molecule has 2 aliphatic rings. The van der Waals surface area contributed by atoms with Gasteiger partial charge in [0.1, 0.15) is 42.5 Å². The summed E-state index contributed by atoms with van der Waals surface area (Å²) in [6.45, 7) is -0.540. The summed E-state index contributed by atoms with van der Waals surface area (Å²) in [7, 11) is 0. The maximum absolute atomic E-state index is 13.7. The second-order valence-electron chi connectivity index (χ2n) is 8.68. The van der Waals surface area contributed by atoms with E-state index >= 15 is 0 Å². The van der Waals surface area contributed by atoms with Crippen LogP contribution in [0.15, 0.2) is 42.9 Å². The smallest absolute Gasteiger partial charge is 0.231 e. The summed E-state index contributed by atoms with van der Waals surface area (Å²) in [5.41, 5.74) is 0.410. The van der Waals surface area contributed by atoms with Crippen molar-refractivity contribution in [3.05, 3.63) is 66.1 Å². The molecular formula is C23H19F3N6O6. The maximum atomic E-state index is 13.7. The number of nitrogens with zero attached hydrogens (tertiary/aromatic N) is 6. The largest absolute Gasteiger partial charge is 0.454 e. The fourth-order valence-electron chi connectivity index (χ4n) is 4.56. The van der Waals surface area contributed by atoms with E-state index in [-0.39, 0.29) is 23.9 Å². The Morgan fingerprint density at radius 2 is 1.74 bits per heavy atom. The van der Waals surface area contributed by atoms with Crippen LogP contribution in [-0.4, -0.2) is 76.8 Å². The lowest BCUT2D eigenvalue weighted by Crippen LogP contribution is -2.53. The molecule has 38 heavy (non-hydrogen) atoms. The second kappa shape index (κ2) is 9.36. The number of aliphatic hydroxyl groups is 3. The summed E-state index contributed by atoms with van der Waals surface area (Å²) in [6, 6.07) is 5.36. The zero-order valence-electron chi connectivity index (χ0n) is 19.2. The number of hydrogen-bond donors (Lipinski definition) is 3. The van der Waals surface area contributed by atoms with Gasteiger partial charge in [0.15, 0.2) is 34.8 Å². The molecule has 1 saturated heterocycles. The molecule has 6 rings (SSSR count). The van der Waals surface area contributed by atoms with E-state index in [9.17, 15) is 28.5 Å².